The van der Waals surface area contributed by atoms with Crippen LogP contribution in [-0.2, 0) is 4.79 Å². The Morgan fingerprint density at radius 3 is 2.73 bits per heavy atom. The summed E-state index contributed by atoms with van der Waals surface area (Å²) >= 11 is 0. The second-order valence-electron chi connectivity index (χ2n) is 2.28. The molecule has 0 bridgehead atoms. The summed E-state index contributed by atoms with van der Waals surface area (Å²) in [5.41, 5.74) is 0. The summed E-state index contributed by atoms with van der Waals surface area (Å²) in [6.45, 7) is 1.37. The van der Waals surface area contributed by atoms with Crippen LogP contribution in [0.15, 0.2) is 0 Å². The van der Waals surface area contributed by atoms with Gasteiger partial charge in [-0.3, -0.25) is 4.79 Å². The fourth-order valence-electron chi connectivity index (χ4n) is 0.652. The molecular weight excluding hydrogens is 144 g/mol. The first-order valence-electron chi connectivity index (χ1n) is 3.83. The van der Waals surface area contributed by atoms with E-state index in [-0.39, 0.29) is 12.5 Å². The smallest absolute Gasteiger partial charge is 0.233 e. The molecule has 0 spiro atoms. The zero-order chi connectivity index (χ0) is 8.53. The zero-order valence-corrected chi connectivity index (χ0v) is 6.89. The van der Waals surface area contributed by atoms with E-state index in [0.717, 1.165) is 19.4 Å². The highest BCUT2D eigenvalue weighted by atomic mass is 16.2. The van der Waals surface area contributed by atoms with E-state index in [1.165, 1.54) is 0 Å². The summed E-state index contributed by atoms with van der Waals surface area (Å²) in [4.78, 5) is 10.6. The van der Waals surface area contributed by atoms with E-state index in [4.69, 9.17) is 5.11 Å². The molecular formula is C7H16N2O2. The van der Waals surface area contributed by atoms with E-state index in [2.05, 4.69) is 10.6 Å². The van der Waals surface area contributed by atoms with Crippen LogP contribution in [0.4, 0.5) is 0 Å². The number of hydrogen-bond acceptors (Lipinski definition) is 3. The summed E-state index contributed by atoms with van der Waals surface area (Å²) in [7, 11) is 1.61. The van der Waals surface area contributed by atoms with Crippen molar-refractivity contribution in [2.75, 3.05) is 26.7 Å². The van der Waals surface area contributed by atoms with Crippen LogP contribution in [0.1, 0.15) is 12.8 Å². The van der Waals surface area contributed by atoms with E-state index in [1.807, 2.05) is 0 Å². The van der Waals surface area contributed by atoms with Crippen molar-refractivity contribution in [3.63, 3.8) is 0 Å². The Morgan fingerprint density at radius 2 is 2.18 bits per heavy atom. The lowest BCUT2D eigenvalue weighted by Gasteiger charge is -2.01. The van der Waals surface area contributed by atoms with Crippen molar-refractivity contribution in [1.29, 1.82) is 0 Å². The number of carbonyl (C=O) groups is 1. The molecule has 0 aromatic carbocycles. The summed E-state index contributed by atoms with van der Waals surface area (Å²) in [5, 5.41) is 13.9. The van der Waals surface area contributed by atoms with Crippen molar-refractivity contribution in [2.45, 2.75) is 12.8 Å². The van der Waals surface area contributed by atoms with Gasteiger partial charge in [-0.15, -0.1) is 0 Å². The molecule has 66 valence electrons. The molecule has 0 rings (SSSR count). The van der Waals surface area contributed by atoms with Gasteiger partial charge in [-0.1, -0.05) is 0 Å². The topological polar surface area (TPSA) is 61.4 Å². The third-order valence-electron chi connectivity index (χ3n) is 1.33. The van der Waals surface area contributed by atoms with Crippen LogP contribution >= 0.6 is 0 Å². The number of nitrogens with one attached hydrogen (secondary N) is 2. The second-order valence-corrected chi connectivity index (χ2v) is 2.28. The fourth-order valence-corrected chi connectivity index (χ4v) is 0.652. The third kappa shape index (κ3) is 7.29. The van der Waals surface area contributed by atoms with E-state index < -0.39 is 0 Å². The Balaban J connectivity index is 2.95. The number of amides is 1. The Kier molecular flexibility index (Phi) is 7.08. The van der Waals surface area contributed by atoms with Gasteiger partial charge in [0.1, 0.15) is 0 Å². The number of aliphatic hydroxyl groups is 1. The summed E-state index contributed by atoms with van der Waals surface area (Å²) < 4.78 is 0. The number of carbonyl (C=O) groups excluding carboxylic acids is 1. The maximum atomic E-state index is 10.6. The molecule has 1 amide bonds. The molecule has 4 heteroatoms. The first kappa shape index (κ1) is 10.4. The third-order valence-corrected chi connectivity index (χ3v) is 1.33. The molecule has 0 unspecified atom stereocenters. The van der Waals surface area contributed by atoms with Crippen LogP contribution in [0.25, 0.3) is 0 Å². The van der Waals surface area contributed by atoms with E-state index in [0.29, 0.717) is 6.54 Å². The average Bonchev–Trinajstić information content (AvgIpc) is 2.04. The molecule has 0 aromatic heterocycles. The Bertz CT molecular complexity index is 107. The highest BCUT2D eigenvalue weighted by Gasteiger charge is 1.94. The van der Waals surface area contributed by atoms with Gasteiger partial charge in [0.2, 0.25) is 5.91 Å². The molecule has 0 heterocycles. The van der Waals surface area contributed by atoms with Crippen LogP contribution < -0.4 is 10.6 Å². The van der Waals surface area contributed by atoms with Gasteiger partial charge in [0.05, 0.1) is 6.54 Å². The quantitative estimate of drug-likeness (QED) is 0.441. The summed E-state index contributed by atoms with van der Waals surface area (Å²) in [5.74, 6) is -0.00556. The van der Waals surface area contributed by atoms with Crippen molar-refractivity contribution in [3.05, 3.63) is 0 Å². The molecule has 0 aliphatic rings. The van der Waals surface area contributed by atoms with Crippen LogP contribution in [-0.4, -0.2) is 37.8 Å². The highest BCUT2D eigenvalue weighted by molar-refractivity contribution is 5.77. The molecule has 0 aliphatic carbocycles. The molecule has 0 aliphatic heterocycles. The number of hydrogen-bond donors (Lipinski definition) is 3. The molecule has 11 heavy (non-hydrogen) atoms. The Labute approximate surface area is 67.0 Å². The normalized spacial score (nSPS) is 9.64. The number of unbranched alkanes of at least 4 members (excludes halogenated alkanes) is 1. The van der Waals surface area contributed by atoms with Gasteiger partial charge < -0.3 is 15.7 Å². The number of likely N-dealkylation sites (N-methyl/N-ethyl adjacent to an activating group) is 1. The summed E-state index contributed by atoms with van der Waals surface area (Å²) in [6.07, 6.45) is 1.70. The molecule has 0 aromatic rings. The highest BCUT2D eigenvalue weighted by Crippen LogP contribution is 1.82. The maximum Gasteiger partial charge on any atom is 0.233 e. The SMILES string of the molecule is CNC(=O)CNCCCCO. The van der Waals surface area contributed by atoms with E-state index in [9.17, 15) is 4.79 Å². The van der Waals surface area contributed by atoms with Crippen LogP contribution in [0.3, 0.4) is 0 Å². The largest absolute Gasteiger partial charge is 0.396 e. The Morgan fingerprint density at radius 1 is 1.45 bits per heavy atom. The lowest BCUT2D eigenvalue weighted by molar-refractivity contribution is -0.119. The number of aliphatic hydroxyl groups excluding tert-OH is 1. The average molecular weight is 160 g/mol. The second kappa shape index (κ2) is 7.50. The van der Waals surface area contributed by atoms with Crippen molar-refractivity contribution in [3.8, 4) is 0 Å². The van der Waals surface area contributed by atoms with Crippen molar-refractivity contribution in [2.24, 2.45) is 0 Å². The van der Waals surface area contributed by atoms with E-state index >= 15 is 0 Å². The van der Waals surface area contributed by atoms with Crippen LogP contribution in [0.2, 0.25) is 0 Å². The first-order chi connectivity index (χ1) is 5.31. The van der Waals surface area contributed by atoms with Crippen molar-refractivity contribution >= 4 is 5.91 Å². The first-order valence-corrected chi connectivity index (χ1v) is 3.83. The monoisotopic (exact) mass is 160 g/mol. The standard InChI is InChI=1S/C7H16N2O2/c1-8-7(11)6-9-4-2-3-5-10/h9-10H,2-6H2,1H3,(H,8,11). The zero-order valence-electron chi connectivity index (χ0n) is 6.89. The molecule has 0 saturated carbocycles. The minimum atomic E-state index is -0.00556. The molecule has 4 nitrogen and oxygen atoms in total. The van der Waals surface area contributed by atoms with E-state index in [1.54, 1.807) is 7.05 Å². The van der Waals surface area contributed by atoms with Gasteiger partial charge in [0.15, 0.2) is 0 Å². The predicted octanol–water partition coefficient (Wildman–Crippen LogP) is -0.905. The van der Waals surface area contributed by atoms with Gasteiger partial charge in [-0.2, -0.15) is 0 Å². The van der Waals surface area contributed by atoms with Crippen molar-refractivity contribution < 1.29 is 9.90 Å². The lowest BCUT2D eigenvalue weighted by atomic mass is 10.3. The molecule has 3 N–H and O–H groups in total. The fraction of sp³-hybridized carbons (Fsp3) is 0.857. The van der Waals surface area contributed by atoms with Gasteiger partial charge in [-0.05, 0) is 19.4 Å². The van der Waals surface area contributed by atoms with Gasteiger partial charge in [-0.25, -0.2) is 0 Å². The minimum Gasteiger partial charge on any atom is -0.396 e. The molecule has 0 saturated heterocycles. The molecule has 0 fully saturated rings. The van der Waals surface area contributed by atoms with Crippen LogP contribution in [0.5, 0.6) is 0 Å². The minimum absolute atomic E-state index is 0.00556. The molecule has 0 atom stereocenters. The van der Waals surface area contributed by atoms with Crippen molar-refractivity contribution in [1.82, 2.24) is 10.6 Å². The molecule has 0 radical (unpaired) electrons. The predicted molar refractivity (Wildman–Crippen MR) is 43.3 cm³/mol. The van der Waals surface area contributed by atoms with Crippen LogP contribution in [0, 0.1) is 0 Å². The number of rotatable bonds is 6. The van der Waals surface area contributed by atoms with Gasteiger partial charge in [0.25, 0.3) is 0 Å². The maximum absolute atomic E-state index is 10.6. The van der Waals surface area contributed by atoms with Gasteiger partial charge in [0, 0.05) is 13.7 Å². The Hall–Kier alpha value is -0.610. The lowest BCUT2D eigenvalue weighted by Crippen LogP contribution is -2.31. The summed E-state index contributed by atoms with van der Waals surface area (Å²) in [6, 6.07) is 0. The van der Waals surface area contributed by atoms with Gasteiger partial charge >= 0.3 is 0 Å².